The standard InChI is InChI=1S/C21H28ClFN2O4/c1-6-24(7-2)19(26)28-16-9-8-15(23)18(22)17(16)14-10-12-25(13-11-14)20(27)29-21(3,4)5/h8-10H,6-7,11-13H2,1-5H3. The van der Waals surface area contributed by atoms with Crippen LogP contribution in [0.4, 0.5) is 14.0 Å². The molecule has 1 aromatic carbocycles. The number of rotatable bonds is 4. The fourth-order valence-corrected chi connectivity index (χ4v) is 3.22. The van der Waals surface area contributed by atoms with Gasteiger partial charge < -0.3 is 19.3 Å². The maximum absolute atomic E-state index is 14.1. The number of carbonyl (C=O) groups is 2. The normalized spacial score (nSPS) is 14.3. The summed E-state index contributed by atoms with van der Waals surface area (Å²) < 4.78 is 25.0. The van der Waals surface area contributed by atoms with Gasteiger partial charge in [0.25, 0.3) is 0 Å². The maximum Gasteiger partial charge on any atom is 0.415 e. The van der Waals surface area contributed by atoms with Gasteiger partial charge in [-0.15, -0.1) is 0 Å². The molecule has 0 fully saturated rings. The summed E-state index contributed by atoms with van der Waals surface area (Å²) in [7, 11) is 0. The molecule has 0 unspecified atom stereocenters. The van der Waals surface area contributed by atoms with Crippen LogP contribution in [-0.2, 0) is 4.74 Å². The molecular weight excluding hydrogens is 399 g/mol. The molecule has 2 rings (SSSR count). The fraction of sp³-hybridized carbons (Fsp3) is 0.524. The summed E-state index contributed by atoms with van der Waals surface area (Å²) in [5.41, 5.74) is 0.478. The van der Waals surface area contributed by atoms with Gasteiger partial charge in [0.15, 0.2) is 0 Å². The summed E-state index contributed by atoms with van der Waals surface area (Å²) in [5, 5.41) is -0.105. The summed E-state index contributed by atoms with van der Waals surface area (Å²) in [4.78, 5) is 27.7. The van der Waals surface area contributed by atoms with Crippen LogP contribution in [-0.4, -0.2) is 53.8 Å². The van der Waals surface area contributed by atoms with Crippen LogP contribution < -0.4 is 4.74 Å². The Labute approximate surface area is 176 Å². The van der Waals surface area contributed by atoms with E-state index in [0.717, 1.165) is 5.57 Å². The lowest BCUT2D eigenvalue weighted by molar-refractivity contribution is 0.0270. The predicted molar refractivity (Wildman–Crippen MR) is 111 cm³/mol. The summed E-state index contributed by atoms with van der Waals surface area (Å²) in [6.07, 6.45) is 1.28. The van der Waals surface area contributed by atoms with E-state index in [1.54, 1.807) is 31.7 Å². The first-order chi connectivity index (χ1) is 13.6. The molecule has 0 aliphatic carbocycles. The van der Waals surface area contributed by atoms with Crippen molar-refractivity contribution < 1.29 is 23.5 Å². The second-order valence-corrected chi connectivity index (χ2v) is 8.06. The highest BCUT2D eigenvalue weighted by atomic mass is 35.5. The molecule has 2 amide bonds. The van der Waals surface area contributed by atoms with Crippen molar-refractivity contribution in [2.24, 2.45) is 0 Å². The van der Waals surface area contributed by atoms with Gasteiger partial charge in [0, 0.05) is 31.7 Å². The van der Waals surface area contributed by atoms with E-state index in [2.05, 4.69) is 0 Å². The molecule has 1 heterocycles. The lowest BCUT2D eigenvalue weighted by Crippen LogP contribution is -2.39. The minimum Gasteiger partial charge on any atom is -0.444 e. The maximum atomic E-state index is 14.1. The van der Waals surface area contributed by atoms with Crippen LogP contribution in [0.25, 0.3) is 5.57 Å². The Balaban J connectivity index is 2.27. The first kappa shape index (κ1) is 23.0. The summed E-state index contributed by atoms with van der Waals surface area (Å²) in [6.45, 7) is 10.8. The number of carbonyl (C=O) groups excluding carboxylic acids is 2. The van der Waals surface area contributed by atoms with Crippen molar-refractivity contribution in [2.45, 2.75) is 46.6 Å². The fourth-order valence-electron chi connectivity index (χ4n) is 2.95. The predicted octanol–water partition coefficient (Wildman–Crippen LogP) is 5.34. The van der Waals surface area contributed by atoms with Crippen LogP contribution in [0.15, 0.2) is 18.2 Å². The molecule has 6 nitrogen and oxygen atoms in total. The molecule has 0 radical (unpaired) electrons. The first-order valence-electron chi connectivity index (χ1n) is 9.69. The van der Waals surface area contributed by atoms with Gasteiger partial charge in [0.2, 0.25) is 0 Å². The molecule has 29 heavy (non-hydrogen) atoms. The topological polar surface area (TPSA) is 59.1 Å². The lowest BCUT2D eigenvalue weighted by Gasteiger charge is -2.30. The van der Waals surface area contributed by atoms with Gasteiger partial charge in [-0.25, -0.2) is 14.0 Å². The van der Waals surface area contributed by atoms with E-state index in [9.17, 15) is 14.0 Å². The first-order valence-corrected chi connectivity index (χ1v) is 10.1. The Morgan fingerprint density at radius 2 is 1.90 bits per heavy atom. The Morgan fingerprint density at radius 3 is 2.41 bits per heavy atom. The third-order valence-electron chi connectivity index (χ3n) is 4.46. The quantitative estimate of drug-likeness (QED) is 0.651. The van der Waals surface area contributed by atoms with Gasteiger partial charge in [-0.3, -0.25) is 0 Å². The van der Waals surface area contributed by atoms with Crippen molar-refractivity contribution in [3.63, 3.8) is 0 Å². The molecule has 1 aliphatic heterocycles. The highest BCUT2D eigenvalue weighted by Crippen LogP contribution is 2.38. The minimum absolute atomic E-state index is 0.105. The Kier molecular flexibility index (Phi) is 7.52. The number of hydrogen-bond donors (Lipinski definition) is 0. The van der Waals surface area contributed by atoms with Crippen LogP contribution >= 0.6 is 11.6 Å². The molecule has 0 atom stereocenters. The zero-order valence-corrected chi connectivity index (χ0v) is 18.3. The van der Waals surface area contributed by atoms with E-state index in [0.29, 0.717) is 38.2 Å². The molecule has 0 saturated heterocycles. The highest BCUT2D eigenvalue weighted by Gasteiger charge is 2.27. The molecule has 0 N–H and O–H groups in total. The van der Waals surface area contributed by atoms with Gasteiger partial charge in [-0.1, -0.05) is 17.7 Å². The zero-order chi connectivity index (χ0) is 21.8. The Hall–Kier alpha value is -2.28. The van der Waals surface area contributed by atoms with Crippen molar-refractivity contribution in [3.05, 3.63) is 34.6 Å². The minimum atomic E-state index is -0.597. The average molecular weight is 427 g/mol. The zero-order valence-electron chi connectivity index (χ0n) is 17.6. The largest absolute Gasteiger partial charge is 0.444 e. The van der Waals surface area contributed by atoms with Crippen molar-refractivity contribution in [1.29, 1.82) is 0 Å². The molecular formula is C21H28ClFN2O4. The summed E-state index contributed by atoms with van der Waals surface area (Å²) >= 11 is 6.22. The van der Waals surface area contributed by atoms with E-state index in [1.807, 2.05) is 13.8 Å². The second kappa shape index (κ2) is 9.48. The molecule has 0 bridgehead atoms. The number of ether oxygens (including phenoxy) is 2. The number of nitrogens with zero attached hydrogens (tertiary/aromatic N) is 2. The van der Waals surface area contributed by atoms with Gasteiger partial charge in [-0.2, -0.15) is 0 Å². The smallest absolute Gasteiger partial charge is 0.415 e. The van der Waals surface area contributed by atoms with Crippen molar-refractivity contribution >= 4 is 29.4 Å². The molecule has 0 saturated carbocycles. The van der Waals surface area contributed by atoms with Crippen LogP contribution in [0.3, 0.4) is 0 Å². The van der Waals surface area contributed by atoms with E-state index in [4.69, 9.17) is 21.1 Å². The van der Waals surface area contributed by atoms with Gasteiger partial charge in [-0.05, 0) is 58.7 Å². The van der Waals surface area contributed by atoms with Crippen LogP contribution in [0.5, 0.6) is 5.75 Å². The van der Waals surface area contributed by atoms with E-state index in [1.165, 1.54) is 17.0 Å². The average Bonchev–Trinajstić information content (AvgIpc) is 2.65. The Morgan fingerprint density at radius 1 is 1.24 bits per heavy atom. The van der Waals surface area contributed by atoms with Crippen molar-refractivity contribution in [2.75, 3.05) is 26.2 Å². The Bertz CT molecular complexity index is 801. The molecule has 1 aromatic rings. The van der Waals surface area contributed by atoms with E-state index in [-0.39, 0.29) is 10.8 Å². The van der Waals surface area contributed by atoms with Gasteiger partial charge in [0.1, 0.15) is 17.2 Å². The summed E-state index contributed by atoms with van der Waals surface area (Å²) in [6, 6.07) is 2.58. The molecule has 1 aliphatic rings. The third kappa shape index (κ3) is 5.85. The van der Waals surface area contributed by atoms with Crippen molar-refractivity contribution in [1.82, 2.24) is 9.80 Å². The van der Waals surface area contributed by atoms with Gasteiger partial charge in [0.05, 0.1) is 5.02 Å². The second-order valence-electron chi connectivity index (χ2n) is 7.68. The van der Waals surface area contributed by atoms with Crippen LogP contribution in [0.1, 0.15) is 46.6 Å². The molecule has 0 aromatic heterocycles. The van der Waals surface area contributed by atoms with E-state index < -0.39 is 23.6 Å². The number of benzene rings is 1. The third-order valence-corrected chi connectivity index (χ3v) is 4.83. The monoisotopic (exact) mass is 426 g/mol. The molecule has 160 valence electrons. The van der Waals surface area contributed by atoms with Crippen LogP contribution in [0.2, 0.25) is 5.02 Å². The SMILES string of the molecule is CCN(CC)C(=O)Oc1ccc(F)c(Cl)c1C1=CCN(C(=O)OC(C)(C)C)CC1. The number of halogens is 2. The number of hydrogen-bond acceptors (Lipinski definition) is 4. The number of amides is 2. The van der Waals surface area contributed by atoms with Crippen LogP contribution in [0, 0.1) is 5.82 Å². The summed E-state index contributed by atoms with van der Waals surface area (Å²) in [5.74, 6) is -0.398. The molecule has 0 spiro atoms. The highest BCUT2D eigenvalue weighted by molar-refractivity contribution is 6.32. The van der Waals surface area contributed by atoms with Crippen molar-refractivity contribution in [3.8, 4) is 5.75 Å². The van der Waals surface area contributed by atoms with E-state index >= 15 is 0 Å². The van der Waals surface area contributed by atoms with Gasteiger partial charge >= 0.3 is 12.2 Å². The molecule has 8 heteroatoms. The lowest BCUT2D eigenvalue weighted by atomic mass is 9.98.